The predicted octanol–water partition coefficient (Wildman–Crippen LogP) is 2.37. The van der Waals surface area contributed by atoms with Crippen molar-refractivity contribution < 1.29 is 4.79 Å². The molecule has 8 heteroatoms. The molecule has 1 aromatic carbocycles. The summed E-state index contributed by atoms with van der Waals surface area (Å²) in [4.78, 5) is 19.0. The number of rotatable bonds is 4. The minimum atomic E-state index is -0.101. The van der Waals surface area contributed by atoms with Crippen molar-refractivity contribution in [1.82, 2.24) is 20.5 Å². The van der Waals surface area contributed by atoms with E-state index >= 15 is 0 Å². The normalized spacial score (nSPS) is 14.5. The van der Waals surface area contributed by atoms with Crippen molar-refractivity contribution in [3.8, 4) is 0 Å². The summed E-state index contributed by atoms with van der Waals surface area (Å²) in [7, 11) is 0. The van der Waals surface area contributed by atoms with Crippen LogP contribution in [0.25, 0.3) is 10.9 Å². The Kier molecular flexibility index (Phi) is 8.73. The van der Waals surface area contributed by atoms with E-state index in [1.807, 2.05) is 12.1 Å². The summed E-state index contributed by atoms with van der Waals surface area (Å²) in [5.41, 5.74) is 1.22. The number of hydrogen-bond acceptors (Lipinski definition) is 4. The highest BCUT2D eigenvalue weighted by Crippen LogP contribution is 2.24. The summed E-state index contributed by atoms with van der Waals surface area (Å²) in [5, 5.41) is 7.71. The molecule has 0 unspecified atom stereocenters. The van der Waals surface area contributed by atoms with Crippen LogP contribution in [-0.4, -0.2) is 55.1 Å². The van der Waals surface area contributed by atoms with Gasteiger partial charge in [0.05, 0.1) is 16.1 Å². The Morgan fingerprint density at radius 3 is 2.75 bits per heavy atom. The second-order valence-electron chi connectivity index (χ2n) is 5.34. The van der Waals surface area contributed by atoms with Gasteiger partial charge in [-0.2, -0.15) is 0 Å². The molecule has 2 N–H and O–H groups in total. The first-order valence-electron chi connectivity index (χ1n) is 7.50. The van der Waals surface area contributed by atoms with E-state index in [9.17, 15) is 4.79 Å². The van der Waals surface area contributed by atoms with E-state index in [0.717, 1.165) is 38.1 Å². The minimum absolute atomic E-state index is 0. The van der Waals surface area contributed by atoms with Crippen molar-refractivity contribution in [2.45, 2.75) is 0 Å². The summed E-state index contributed by atoms with van der Waals surface area (Å²) in [6.45, 7) is 5.59. The monoisotopic (exact) mass is 390 g/mol. The number of carbonyl (C=O) groups is 1. The van der Waals surface area contributed by atoms with Crippen LogP contribution in [0.3, 0.4) is 0 Å². The van der Waals surface area contributed by atoms with Gasteiger partial charge in [-0.05, 0) is 24.3 Å². The lowest BCUT2D eigenvalue weighted by Crippen LogP contribution is -2.46. The van der Waals surface area contributed by atoms with Gasteiger partial charge in [-0.3, -0.25) is 14.7 Å². The van der Waals surface area contributed by atoms with E-state index in [2.05, 4.69) is 20.5 Å². The molecule has 1 aliphatic heterocycles. The fourth-order valence-electron chi connectivity index (χ4n) is 2.68. The molecule has 5 nitrogen and oxygen atoms in total. The number of fused-ring (bicyclic) bond motifs is 1. The molecule has 132 valence electrons. The summed E-state index contributed by atoms with van der Waals surface area (Å²) < 4.78 is 0. The summed E-state index contributed by atoms with van der Waals surface area (Å²) in [5.74, 6) is -0.101. The molecule has 1 fully saturated rings. The molecule has 0 bridgehead atoms. The first-order valence-corrected chi connectivity index (χ1v) is 7.88. The molecule has 0 aliphatic carbocycles. The lowest BCUT2D eigenvalue weighted by Gasteiger charge is -2.27. The maximum Gasteiger partial charge on any atom is 0.253 e. The molecule has 1 aromatic heterocycles. The predicted molar refractivity (Wildman–Crippen MR) is 103 cm³/mol. The molecule has 2 aromatic rings. The van der Waals surface area contributed by atoms with Crippen molar-refractivity contribution in [3.05, 3.63) is 41.0 Å². The number of halogens is 3. The van der Waals surface area contributed by atoms with Crippen molar-refractivity contribution in [1.29, 1.82) is 0 Å². The van der Waals surface area contributed by atoms with Crippen LogP contribution in [-0.2, 0) is 0 Å². The Balaban J connectivity index is 0.00000144. The van der Waals surface area contributed by atoms with Crippen LogP contribution in [0, 0.1) is 0 Å². The quantitative estimate of drug-likeness (QED) is 0.840. The van der Waals surface area contributed by atoms with E-state index in [1.54, 1.807) is 18.3 Å². The average Bonchev–Trinajstić information content (AvgIpc) is 2.56. The first-order chi connectivity index (χ1) is 10.8. The van der Waals surface area contributed by atoms with Crippen molar-refractivity contribution in [2.24, 2.45) is 0 Å². The molecule has 0 spiro atoms. The Morgan fingerprint density at radius 1 is 1.25 bits per heavy atom. The van der Waals surface area contributed by atoms with Crippen LogP contribution in [0.2, 0.25) is 5.02 Å². The van der Waals surface area contributed by atoms with E-state index < -0.39 is 0 Å². The third-order valence-electron chi connectivity index (χ3n) is 3.88. The number of pyridine rings is 1. The van der Waals surface area contributed by atoms with Gasteiger partial charge in [0.15, 0.2) is 0 Å². The van der Waals surface area contributed by atoms with Crippen molar-refractivity contribution in [3.63, 3.8) is 0 Å². The SMILES string of the molecule is Cl.Cl.O=C(NCCN1CCNCC1)c1ccc(Cl)c2cccnc12. The number of benzene rings is 1. The molecular formula is C16H21Cl3N4O. The number of nitrogens with zero attached hydrogens (tertiary/aromatic N) is 2. The smallest absolute Gasteiger partial charge is 0.253 e. The Labute approximate surface area is 159 Å². The third kappa shape index (κ3) is 4.94. The molecule has 1 aliphatic rings. The fraction of sp³-hybridized carbons (Fsp3) is 0.375. The number of piperazine rings is 1. The van der Waals surface area contributed by atoms with Crippen LogP contribution in [0.4, 0.5) is 0 Å². The standard InChI is InChI=1S/C16H19ClN4O.2ClH/c17-14-4-3-13(15-12(14)2-1-5-19-15)16(22)20-8-11-21-9-6-18-7-10-21;;/h1-5,18H,6-11H2,(H,20,22);2*1H. The second kappa shape index (κ2) is 10.0. The zero-order valence-electron chi connectivity index (χ0n) is 13.1. The van der Waals surface area contributed by atoms with Gasteiger partial charge in [-0.25, -0.2) is 0 Å². The molecule has 1 amide bonds. The zero-order chi connectivity index (χ0) is 15.4. The van der Waals surface area contributed by atoms with Gasteiger partial charge in [0.1, 0.15) is 0 Å². The Bertz CT molecular complexity index is 677. The third-order valence-corrected chi connectivity index (χ3v) is 4.21. The lowest BCUT2D eigenvalue weighted by atomic mass is 10.1. The topological polar surface area (TPSA) is 57.3 Å². The molecular weight excluding hydrogens is 371 g/mol. The van der Waals surface area contributed by atoms with E-state index in [1.165, 1.54) is 0 Å². The lowest BCUT2D eigenvalue weighted by molar-refractivity contribution is 0.0949. The molecule has 24 heavy (non-hydrogen) atoms. The highest BCUT2D eigenvalue weighted by atomic mass is 35.5. The van der Waals surface area contributed by atoms with E-state index in [4.69, 9.17) is 11.6 Å². The molecule has 2 heterocycles. The second-order valence-corrected chi connectivity index (χ2v) is 5.75. The van der Waals surface area contributed by atoms with Gasteiger partial charge in [-0.1, -0.05) is 11.6 Å². The van der Waals surface area contributed by atoms with Gasteiger partial charge >= 0.3 is 0 Å². The zero-order valence-corrected chi connectivity index (χ0v) is 15.5. The van der Waals surface area contributed by atoms with Gasteiger partial charge in [0, 0.05) is 50.9 Å². The van der Waals surface area contributed by atoms with E-state index in [-0.39, 0.29) is 30.7 Å². The number of carbonyl (C=O) groups excluding carboxylic acids is 1. The van der Waals surface area contributed by atoms with Crippen molar-refractivity contribution in [2.75, 3.05) is 39.3 Å². The first kappa shape index (κ1) is 20.9. The van der Waals surface area contributed by atoms with Gasteiger partial charge in [-0.15, -0.1) is 24.8 Å². The van der Waals surface area contributed by atoms with Crippen LogP contribution in [0.1, 0.15) is 10.4 Å². The molecule has 0 radical (unpaired) electrons. The van der Waals surface area contributed by atoms with Crippen LogP contribution < -0.4 is 10.6 Å². The average molecular weight is 392 g/mol. The molecule has 1 saturated heterocycles. The highest BCUT2D eigenvalue weighted by Gasteiger charge is 2.14. The Morgan fingerprint density at radius 2 is 2.00 bits per heavy atom. The number of hydrogen-bond donors (Lipinski definition) is 2. The van der Waals surface area contributed by atoms with Gasteiger partial charge in [0.2, 0.25) is 0 Å². The van der Waals surface area contributed by atoms with Gasteiger partial charge in [0.25, 0.3) is 5.91 Å². The number of aromatic nitrogens is 1. The minimum Gasteiger partial charge on any atom is -0.351 e. The molecule has 0 saturated carbocycles. The number of amides is 1. The molecule has 0 atom stereocenters. The van der Waals surface area contributed by atoms with Crippen LogP contribution >= 0.6 is 36.4 Å². The largest absolute Gasteiger partial charge is 0.351 e. The van der Waals surface area contributed by atoms with Gasteiger partial charge < -0.3 is 10.6 Å². The van der Waals surface area contributed by atoms with Crippen molar-refractivity contribution >= 4 is 53.2 Å². The summed E-state index contributed by atoms with van der Waals surface area (Å²) in [6.07, 6.45) is 1.68. The van der Waals surface area contributed by atoms with E-state index in [0.29, 0.717) is 22.6 Å². The fourth-order valence-corrected chi connectivity index (χ4v) is 2.89. The highest BCUT2D eigenvalue weighted by molar-refractivity contribution is 6.36. The van der Waals surface area contributed by atoms with Crippen LogP contribution in [0.5, 0.6) is 0 Å². The molecule has 3 rings (SSSR count). The van der Waals surface area contributed by atoms with Crippen LogP contribution in [0.15, 0.2) is 30.5 Å². The Hall–Kier alpha value is -1.11. The number of nitrogens with one attached hydrogen (secondary N) is 2. The maximum absolute atomic E-state index is 12.4. The summed E-state index contributed by atoms with van der Waals surface area (Å²) in [6, 6.07) is 7.18. The summed E-state index contributed by atoms with van der Waals surface area (Å²) >= 11 is 6.16. The maximum atomic E-state index is 12.4.